The molecule has 0 aromatic heterocycles. The molecule has 2 heterocycles. The maximum absolute atomic E-state index is 12.4. The number of hydrogen-bond donors (Lipinski definition) is 1. The Bertz CT molecular complexity index is 556. The molecule has 3 fully saturated rings. The second kappa shape index (κ2) is 9.51. The minimum atomic E-state index is -1.96. The normalized spacial score (nSPS) is 36.4. The minimum absolute atomic E-state index is 0.00755. The van der Waals surface area contributed by atoms with Gasteiger partial charge in [-0.3, -0.25) is 4.79 Å². The van der Waals surface area contributed by atoms with E-state index in [4.69, 9.17) is 58.5 Å². The van der Waals surface area contributed by atoms with Gasteiger partial charge in [0, 0.05) is 12.3 Å². The molecule has 2 saturated heterocycles. The third-order valence-corrected chi connectivity index (χ3v) is 5.45. The molecule has 1 aliphatic carbocycles. The van der Waals surface area contributed by atoms with Crippen LogP contribution < -0.4 is 10.4 Å². The van der Waals surface area contributed by atoms with Crippen molar-refractivity contribution < 1.29 is 38.4 Å². The monoisotopic (exact) mass is 460 g/mol. The van der Waals surface area contributed by atoms with Crippen molar-refractivity contribution in [2.45, 2.75) is 78.9 Å². The van der Waals surface area contributed by atoms with Crippen LogP contribution in [0.15, 0.2) is 0 Å². The number of halogens is 3. The van der Waals surface area contributed by atoms with Gasteiger partial charge in [0.1, 0.15) is 24.9 Å². The van der Waals surface area contributed by atoms with E-state index in [1.54, 1.807) is 0 Å². The van der Waals surface area contributed by atoms with E-state index in [0.29, 0.717) is 0 Å². The maximum Gasteiger partial charge on any atom is 0.407 e. The molecule has 0 radical (unpaired) electrons. The van der Waals surface area contributed by atoms with Gasteiger partial charge in [0.15, 0.2) is 6.10 Å². The highest BCUT2D eigenvalue weighted by atomic mass is 35.6. The van der Waals surface area contributed by atoms with Gasteiger partial charge in [-0.2, -0.15) is 0 Å². The number of fused-ring (bicyclic) bond motifs is 1. The van der Waals surface area contributed by atoms with Gasteiger partial charge in [0.25, 0.3) is 6.47 Å². The molecule has 0 bridgehead atoms. The fraction of sp³-hybridized carbons (Fsp3) is 0.875. The first-order valence-corrected chi connectivity index (χ1v) is 10.1. The summed E-state index contributed by atoms with van der Waals surface area (Å²) in [6.07, 6.45) is -3.21. The largest absolute Gasteiger partial charge is 0.829 e. The lowest BCUT2D eigenvalue weighted by Gasteiger charge is -2.44. The van der Waals surface area contributed by atoms with Gasteiger partial charge < -0.3 is 34.1 Å². The molecule has 1 N–H and O–H groups in total. The summed E-state index contributed by atoms with van der Waals surface area (Å²) in [5.41, 5.74) is 0. The van der Waals surface area contributed by atoms with Crippen molar-refractivity contribution in [3.63, 3.8) is 0 Å². The average molecular weight is 462 g/mol. The lowest BCUT2D eigenvalue weighted by Crippen LogP contribution is -2.63. The first-order chi connectivity index (χ1) is 13.3. The Morgan fingerprint density at radius 2 is 1.82 bits per heavy atom. The fourth-order valence-electron chi connectivity index (χ4n) is 3.63. The van der Waals surface area contributed by atoms with E-state index in [-0.39, 0.29) is 19.1 Å². The highest BCUT2D eigenvalue weighted by Crippen LogP contribution is 2.42. The first kappa shape index (κ1) is 22.1. The summed E-state index contributed by atoms with van der Waals surface area (Å²) >= 11 is 17.4. The maximum atomic E-state index is 12.4. The van der Waals surface area contributed by atoms with Gasteiger partial charge in [-0.1, -0.05) is 54.1 Å². The Kier molecular flexibility index (Phi) is 7.52. The molecular weight excluding hydrogens is 441 g/mol. The second-order valence-electron chi connectivity index (χ2n) is 6.90. The number of alkyl halides is 3. The van der Waals surface area contributed by atoms with Gasteiger partial charge >= 0.3 is 6.09 Å². The van der Waals surface area contributed by atoms with E-state index in [2.05, 4.69) is 5.32 Å². The van der Waals surface area contributed by atoms with Crippen LogP contribution in [0.3, 0.4) is 0 Å². The number of nitrogens with one attached hydrogen (secondary N) is 1. The predicted molar refractivity (Wildman–Crippen MR) is 94.8 cm³/mol. The van der Waals surface area contributed by atoms with Crippen LogP contribution in [0.5, 0.6) is 0 Å². The van der Waals surface area contributed by atoms with Crippen LogP contribution in [-0.2, 0) is 28.5 Å². The van der Waals surface area contributed by atoms with Gasteiger partial charge in [0.2, 0.25) is 10.1 Å². The highest BCUT2D eigenvalue weighted by Gasteiger charge is 2.55. The molecule has 12 heteroatoms. The van der Waals surface area contributed by atoms with Gasteiger partial charge in [-0.15, -0.1) is 0 Å². The molecule has 0 unspecified atom stereocenters. The smallest absolute Gasteiger partial charge is 0.407 e. The molecule has 6 atom stereocenters. The molecule has 28 heavy (non-hydrogen) atoms. The van der Waals surface area contributed by atoms with Crippen molar-refractivity contribution in [1.29, 1.82) is 0 Å². The van der Waals surface area contributed by atoms with E-state index >= 15 is 0 Å². The van der Waals surface area contributed by atoms with Crippen LogP contribution in [-0.4, -0.2) is 66.0 Å². The molecule has 3 aliphatic rings. The van der Waals surface area contributed by atoms with Crippen LogP contribution >= 0.6 is 34.8 Å². The number of alkyl carbamates (subject to hydrolysis) is 1. The second-order valence-corrected chi connectivity index (χ2v) is 9.27. The van der Waals surface area contributed by atoms with Crippen LogP contribution in [0.1, 0.15) is 32.1 Å². The number of carbonyl (C=O) groups excluding carboxylic acids is 2. The topological polar surface area (TPSA) is 115 Å². The SMILES string of the molecule is O=COC[C@H]1O[C@H]([O-])[C@@H]2O[C@@H](C(Cl)(Cl)Cl)O[C@H]2[C@@H]1OC(=O)NC1CCCCC1. The number of carbonyl (C=O) groups is 2. The molecule has 0 spiro atoms. The van der Waals surface area contributed by atoms with E-state index in [1.165, 1.54) is 0 Å². The lowest BCUT2D eigenvalue weighted by atomic mass is 9.96. The zero-order valence-corrected chi connectivity index (χ0v) is 17.0. The molecule has 1 amide bonds. The quantitative estimate of drug-likeness (QED) is 0.479. The third kappa shape index (κ3) is 5.33. The van der Waals surface area contributed by atoms with Crippen LogP contribution in [0.4, 0.5) is 4.79 Å². The molecule has 2 aliphatic heterocycles. The summed E-state index contributed by atoms with van der Waals surface area (Å²) in [6, 6.07) is 0.00755. The van der Waals surface area contributed by atoms with Crippen LogP contribution in [0.25, 0.3) is 0 Å². The van der Waals surface area contributed by atoms with Crippen molar-refractivity contribution in [2.75, 3.05) is 6.61 Å². The summed E-state index contributed by atoms with van der Waals surface area (Å²) in [5, 5.41) is 15.1. The van der Waals surface area contributed by atoms with Crippen molar-refractivity contribution in [3.8, 4) is 0 Å². The van der Waals surface area contributed by atoms with Gasteiger partial charge in [0.05, 0.1) is 0 Å². The van der Waals surface area contributed by atoms with Crippen molar-refractivity contribution in [2.24, 2.45) is 0 Å². The van der Waals surface area contributed by atoms with Crippen molar-refractivity contribution in [1.82, 2.24) is 5.32 Å². The fourth-order valence-corrected chi connectivity index (χ4v) is 3.94. The number of rotatable bonds is 5. The summed E-state index contributed by atoms with van der Waals surface area (Å²) in [6.45, 7) is -0.112. The molecule has 9 nitrogen and oxygen atoms in total. The Hall–Kier alpha value is -0.550. The van der Waals surface area contributed by atoms with E-state index in [1.807, 2.05) is 0 Å². The average Bonchev–Trinajstić information content (AvgIpc) is 3.10. The number of hydrogen-bond acceptors (Lipinski definition) is 8. The van der Waals surface area contributed by atoms with Gasteiger partial charge in [-0.25, -0.2) is 4.79 Å². The van der Waals surface area contributed by atoms with Crippen molar-refractivity contribution >= 4 is 47.4 Å². The number of amides is 1. The first-order valence-electron chi connectivity index (χ1n) is 9.01. The summed E-state index contributed by atoms with van der Waals surface area (Å²) in [4.78, 5) is 22.9. The number of ether oxygens (including phenoxy) is 5. The molecular formula is C16H21Cl3NO8-. The van der Waals surface area contributed by atoms with Crippen molar-refractivity contribution in [3.05, 3.63) is 0 Å². The Labute approximate surface area is 176 Å². The third-order valence-electron chi connectivity index (χ3n) is 4.92. The Morgan fingerprint density at radius 3 is 2.46 bits per heavy atom. The predicted octanol–water partition coefficient (Wildman–Crippen LogP) is 1.15. The van der Waals surface area contributed by atoms with Gasteiger partial charge in [-0.05, 0) is 12.8 Å². The molecule has 0 aromatic carbocycles. The summed E-state index contributed by atoms with van der Waals surface area (Å²) in [5.74, 6) is 0. The van der Waals surface area contributed by atoms with E-state index in [0.717, 1.165) is 32.1 Å². The standard InChI is InChI=1S/C16H21Cl3NO8/c17-16(18,19)14-26-11-10(28-15(23)20-8-4-2-1-3-5-8)9(6-24-7-21)25-13(22)12(11)27-14/h7-14H,1-6H2,(H,20,23)/q-1/t9-,10-,11+,12-,13+,14+/m1/s1. The van der Waals surface area contributed by atoms with Crippen LogP contribution in [0.2, 0.25) is 0 Å². The van der Waals surface area contributed by atoms with E-state index < -0.39 is 46.9 Å². The Balaban J connectivity index is 1.70. The van der Waals surface area contributed by atoms with E-state index in [9.17, 15) is 14.7 Å². The Morgan fingerprint density at radius 1 is 1.14 bits per heavy atom. The lowest BCUT2D eigenvalue weighted by molar-refractivity contribution is -0.527. The zero-order valence-electron chi connectivity index (χ0n) is 14.8. The molecule has 1 saturated carbocycles. The molecule has 3 rings (SSSR count). The summed E-state index contributed by atoms with van der Waals surface area (Å²) < 4.78 is 24.5. The highest BCUT2D eigenvalue weighted by molar-refractivity contribution is 6.67. The van der Waals surface area contributed by atoms with Crippen LogP contribution in [0, 0.1) is 0 Å². The zero-order chi connectivity index (χ0) is 20.3. The molecule has 160 valence electrons. The molecule has 0 aromatic rings. The summed E-state index contributed by atoms with van der Waals surface area (Å²) in [7, 11) is 0. The minimum Gasteiger partial charge on any atom is -0.829 e.